The molecule has 0 spiro atoms. The molecule has 1 aromatic carbocycles. The molecule has 29 heavy (non-hydrogen) atoms. The molecule has 0 saturated heterocycles. The van der Waals surface area contributed by atoms with Crippen molar-refractivity contribution in [2.45, 2.75) is 33.4 Å². The summed E-state index contributed by atoms with van der Waals surface area (Å²) in [6.45, 7) is 5.35. The average Bonchev–Trinajstić information content (AvgIpc) is 3.26. The van der Waals surface area contributed by atoms with Gasteiger partial charge in [-0.1, -0.05) is 17.3 Å². The maximum absolute atomic E-state index is 13.2. The molecule has 0 aliphatic heterocycles. The molecule has 10 heteroatoms. The van der Waals surface area contributed by atoms with Crippen LogP contribution in [-0.4, -0.2) is 22.1 Å². The molecule has 2 aromatic heterocycles. The minimum atomic E-state index is -0.456. The summed E-state index contributed by atoms with van der Waals surface area (Å²) in [5.74, 6) is -0.214. The van der Waals surface area contributed by atoms with Gasteiger partial charge in [-0.15, -0.1) is 11.3 Å². The number of anilines is 1. The van der Waals surface area contributed by atoms with Crippen LogP contribution in [0.2, 0.25) is 0 Å². The molecule has 2 heterocycles. The molecule has 0 aliphatic rings. The molecule has 1 atom stereocenters. The molecule has 0 radical (unpaired) electrons. The summed E-state index contributed by atoms with van der Waals surface area (Å²) in [6, 6.07) is 5.15. The van der Waals surface area contributed by atoms with E-state index < -0.39 is 6.03 Å². The largest absolute Gasteiger partial charge is 0.361 e. The first kappa shape index (κ1) is 20.5. The van der Waals surface area contributed by atoms with Crippen molar-refractivity contribution >= 4 is 28.4 Å². The van der Waals surface area contributed by atoms with Crippen LogP contribution < -0.4 is 16.0 Å². The van der Waals surface area contributed by atoms with Gasteiger partial charge in [-0.3, -0.25) is 10.1 Å². The van der Waals surface area contributed by atoms with E-state index in [-0.39, 0.29) is 24.3 Å². The summed E-state index contributed by atoms with van der Waals surface area (Å²) in [5.41, 5.74) is 2.18. The van der Waals surface area contributed by atoms with Gasteiger partial charge in [0.2, 0.25) is 0 Å². The molecule has 3 N–H and O–H groups in total. The number of hydrogen-bond donors (Lipinski definition) is 3. The van der Waals surface area contributed by atoms with Crippen molar-refractivity contribution in [2.24, 2.45) is 0 Å². The number of carbonyl (C=O) groups excluding carboxylic acids is 2. The van der Waals surface area contributed by atoms with Gasteiger partial charge in [-0.25, -0.2) is 14.2 Å². The van der Waals surface area contributed by atoms with Crippen molar-refractivity contribution < 1.29 is 18.5 Å². The third-order valence-electron chi connectivity index (χ3n) is 4.14. The number of nitrogens with zero attached hydrogens (tertiary/aromatic N) is 2. The standard InChI is InChI=1S/C19H20FN5O3S/c1-10(22-17(26)16-11(2)25-28-12(16)3)15-9-29-19(23-15)24-18(27)21-8-13-5-4-6-14(20)7-13/h4-7,9-10H,8H2,1-3H3,(H,22,26)(H2,21,23,24,27). The fourth-order valence-electron chi connectivity index (χ4n) is 2.66. The lowest BCUT2D eigenvalue weighted by atomic mass is 10.1. The Balaban J connectivity index is 1.54. The molecule has 3 rings (SSSR count). The van der Waals surface area contributed by atoms with E-state index in [0.717, 1.165) is 0 Å². The van der Waals surface area contributed by atoms with Crippen LogP contribution in [0.1, 0.15) is 46.0 Å². The Labute approximate surface area is 170 Å². The highest BCUT2D eigenvalue weighted by Gasteiger charge is 2.21. The van der Waals surface area contributed by atoms with E-state index in [1.54, 1.807) is 38.3 Å². The van der Waals surface area contributed by atoms with Crippen LogP contribution >= 0.6 is 11.3 Å². The fourth-order valence-corrected chi connectivity index (χ4v) is 3.46. The van der Waals surface area contributed by atoms with Crippen LogP contribution in [0, 0.1) is 19.7 Å². The second-order valence-electron chi connectivity index (χ2n) is 6.41. The van der Waals surface area contributed by atoms with Crippen LogP contribution in [0.15, 0.2) is 34.2 Å². The normalized spacial score (nSPS) is 11.7. The van der Waals surface area contributed by atoms with Gasteiger partial charge in [0.25, 0.3) is 5.91 Å². The molecule has 0 saturated carbocycles. The minimum Gasteiger partial charge on any atom is -0.361 e. The second-order valence-corrected chi connectivity index (χ2v) is 7.27. The van der Waals surface area contributed by atoms with Crippen LogP contribution in [0.25, 0.3) is 0 Å². The molecular formula is C19H20FN5O3S. The van der Waals surface area contributed by atoms with E-state index in [1.165, 1.54) is 23.5 Å². The Morgan fingerprint density at radius 1 is 1.31 bits per heavy atom. The van der Waals surface area contributed by atoms with E-state index in [2.05, 4.69) is 26.1 Å². The van der Waals surface area contributed by atoms with Gasteiger partial charge < -0.3 is 15.2 Å². The molecule has 1 unspecified atom stereocenters. The average molecular weight is 417 g/mol. The summed E-state index contributed by atoms with van der Waals surface area (Å²) >= 11 is 1.24. The summed E-state index contributed by atoms with van der Waals surface area (Å²) in [5, 5.41) is 14.0. The number of benzene rings is 1. The predicted octanol–water partition coefficient (Wildman–Crippen LogP) is 3.70. The Hall–Kier alpha value is -3.27. The minimum absolute atomic E-state index is 0.186. The van der Waals surface area contributed by atoms with E-state index in [9.17, 15) is 14.0 Å². The van der Waals surface area contributed by atoms with Gasteiger partial charge in [0.1, 0.15) is 17.1 Å². The number of thiazole rings is 1. The first-order valence-corrected chi connectivity index (χ1v) is 9.70. The topological polar surface area (TPSA) is 109 Å². The summed E-state index contributed by atoms with van der Waals surface area (Å²) in [4.78, 5) is 28.8. The van der Waals surface area contributed by atoms with Crippen molar-refractivity contribution in [3.8, 4) is 0 Å². The highest BCUT2D eigenvalue weighted by atomic mass is 32.1. The number of urea groups is 1. The summed E-state index contributed by atoms with van der Waals surface area (Å²) in [7, 11) is 0. The number of carbonyl (C=O) groups is 2. The lowest BCUT2D eigenvalue weighted by Crippen LogP contribution is -2.29. The van der Waals surface area contributed by atoms with Crippen LogP contribution in [0.3, 0.4) is 0 Å². The number of hydrogen-bond acceptors (Lipinski definition) is 6. The number of nitrogens with one attached hydrogen (secondary N) is 3. The van der Waals surface area contributed by atoms with E-state index in [1.807, 2.05) is 0 Å². The van der Waals surface area contributed by atoms with Gasteiger partial charge in [0.05, 0.1) is 17.4 Å². The van der Waals surface area contributed by atoms with Crippen molar-refractivity contribution in [1.29, 1.82) is 0 Å². The Morgan fingerprint density at radius 2 is 2.10 bits per heavy atom. The first-order chi connectivity index (χ1) is 13.8. The van der Waals surface area contributed by atoms with Crippen LogP contribution in [0.5, 0.6) is 0 Å². The highest BCUT2D eigenvalue weighted by Crippen LogP contribution is 2.21. The Morgan fingerprint density at radius 3 is 2.79 bits per heavy atom. The van der Waals surface area contributed by atoms with Crippen molar-refractivity contribution in [3.05, 3.63) is 63.7 Å². The molecule has 152 valence electrons. The molecule has 8 nitrogen and oxygen atoms in total. The van der Waals surface area contributed by atoms with Gasteiger partial charge in [-0.05, 0) is 38.5 Å². The third kappa shape index (κ3) is 5.17. The predicted molar refractivity (Wildman–Crippen MR) is 106 cm³/mol. The zero-order chi connectivity index (χ0) is 21.0. The van der Waals surface area contributed by atoms with Crippen molar-refractivity contribution in [1.82, 2.24) is 20.8 Å². The fraction of sp³-hybridized carbons (Fsp3) is 0.263. The molecule has 3 amide bonds. The number of amides is 3. The second kappa shape index (κ2) is 8.82. The van der Waals surface area contributed by atoms with Gasteiger partial charge in [0, 0.05) is 11.9 Å². The smallest absolute Gasteiger partial charge is 0.321 e. The van der Waals surface area contributed by atoms with Crippen LogP contribution in [0.4, 0.5) is 14.3 Å². The quantitative estimate of drug-likeness (QED) is 0.567. The zero-order valence-corrected chi connectivity index (χ0v) is 16.9. The maximum atomic E-state index is 13.2. The van der Waals surface area contributed by atoms with Gasteiger partial charge >= 0.3 is 6.03 Å². The summed E-state index contributed by atoms with van der Waals surface area (Å²) < 4.78 is 18.2. The number of aromatic nitrogens is 2. The lowest BCUT2D eigenvalue weighted by molar-refractivity contribution is 0.0937. The third-order valence-corrected chi connectivity index (χ3v) is 4.91. The van der Waals surface area contributed by atoms with E-state index in [0.29, 0.717) is 33.4 Å². The van der Waals surface area contributed by atoms with Gasteiger partial charge in [-0.2, -0.15) is 0 Å². The monoisotopic (exact) mass is 417 g/mol. The SMILES string of the molecule is Cc1noc(C)c1C(=O)NC(C)c1csc(NC(=O)NCc2cccc(F)c2)n1. The lowest BCUT2D eigenvalue weighted by Gasteiger charge is -2.11. The molecule has 0 aliphatic carbocycles. The highest BCUT2D eigenvalue weighted by molar-refractivity contribution is 7.13. The van der Waals surface area contributed by atoms with Crippen molar-refractivity contribution in [3.63, 3.8) is 0 Å². The molecule has 3 aromatic rings. The van der Waals surface area contributed by atoms with Gasteiger partial charge in [0.15, 0.2) is 5.13 Å². The maximum Gasteiger partial charge on any atom is 0.321 e. The van der Waals surface area contributed by atoms with Crippen LogP contribution in [-0.2, 0) is 6.54 Å². The number of aryl methyl sites for hydroxylation is 2. The number of halogens is 1. The first-order valence-electron chi connectivity index (χ1n) is 8.82. The summed E-state index contributed by atoms with van der Waals surface area (Å²) in [6.07, 6.45) is 0. The number of rotatable bonds is 6. The molecule has 0 fully saturated rings. The van der Waals surface area contributed by atoms with E-state index >= 15 is 0 Å². The zero-order valence-electron chi connectivity index (χ0n) is 16.1. The van der Waals surface area contributed by atoms with Crippen molar-refractivity contribution in [2.75, 3.05) is 5.32 Å². The van der Waals surface area contributed by atoms with E-state index in [4.69, 9.17) is 4.52 Å². The Kier molecular flexibility index (Phi) is 6.23. The Bertz CT molecular complexity index is 1010. The molecular weight excluding hydrogens is 397 g/mol. The molecule has 0 bridgehead atoms.